The number of rotatable bonds is 2. The molecule has 1 rings (SSSR count). The Kier molecular flexibility index (Phi) is 4.61. The minimum atomic E-state index is -1.06. The van der Waals surface area contributed by atoms with E-state index in [1.165, 1.54) is 15.3 Å². The third-order valence-electron chi connectivity index (χ3n) is 1.91. The van der Waals surface area contributed by atoms with Crippen molar-refractivity contribution >= 4 is 31.4 Å². The first-order valence-electron chi connectivity index (χ1n) is 4.13. The first-order valence-corrected chi connectivity index (χ1v) is 12.9. The van der Waals surface area contributed by atoms with Crippen LogP contribution in [-0.2, 0) is 12.0 Å². The molecule has 0 unspecified atom stereocenters. The second kappa shape index (κ2) is 5.05. The van der Waals surface area contributed by atoms with Crippen molar-refractivity contribution in [3.05, 3.63) is 29.3 Å². The van der Waals surface area contributed by atoms with E-state index < -0.39 is 12.0 Å². The molecule has 3 heteroatoms. The van der Waals surface area contributed by atoms with Crippen LogP contribution in [0.5, 0.6) is 0 Å². The van der Waals surface area contributed by atoms with Crippen LogP contribution in [0.4, 0.5) is 0 Å². The molecule has 0 nitrogen and oxygen atoms in total. The normalized spacial score (nSPS) is 12.0. The fourth-order valence-corrected chi connectivity index (χ4v) is 5.61. The molecule has 1 aromatic rings. The van der Waals surface area contributed by atoms with E-state index in [4.69, 9.17) is 0 Å². The maximum atomic E-state index is 3.69. The van der Waals surface area contributed by atoms with Crippen molar-refractivity contribution in [2.75, 3.05) is 0 Å². The molecule has 76 valence electrons. The molecular formula is C10H13Br2Ru-. The quantitative estimate of drug-likeness (QED) is 0.666. The van der Waals surface area contributed by atoms with Crippen LogP contribution in [0.2, 0.25) is 0 Å². The molecule has 0 aliphatic rings. The molecule has 0 aromatic heterocycles. The van der Waals surface area contributed by atoms with Gasteiger partial charge in [-0.3, -0.25) is 0 Å². The predicted molar refractivity (Wildman–Crippen MR) is 62.8 cm³/mol. The second-order valence-corrected chi connectivity index (χ2v) is 16.3. The monoisotopic (exact) mass is 393 g/mol. The fraction of sp³-hybridized carbons (Fsp3) is 0.400. The van der Waals surface area contributed by atoms with Gasteiger partial charge in [0.15, 0.2) is 0 Å². The van der Waals surface area contributed by atoms with Crippen molar-refractivity contribution in [3.8, 4) is 0 Å². The minimum absolute atomic E-state index is 0.612. The Morgan fingerprint density at radius 2 is 1.85 bits per heavy atom. The third-order valence-corrected chi connectivity index (χ3v) is 6.98. The summed E-state index contributed by atoms with van der Waals surface area (Å²) in [6, 6.07) is 6.72. The number of hydrogen-bond donors (Lipinski definition) is 0. The van der Waals surface area contributed by atoms with Gasteiger partial charge in [-0.05, 0) is 0 Å². The van der Waals surface area contributed by atoms with Crippen molar-refractivity contribution in [3.63, 3.8) is 0 Å². The van der Waals surface area contributed by atoms with Gasteiger partial charge in [-0.2, -0.15) is 0 Å². The van der Waals surface area contributed by atoms with Gasteiger partial charge >= 0.3 is 99.5 Å². The zero-order chi connectivity index (χ0) is 10.0. The van der Waals surface area contributed by atoms with E-state index in [-0.39, 0.29) is 0 Å². The Morgan fingerprint density at radius 3 is 2.31 bits per heavy atom. The first-order chi connectivity index (χ1) is 6.02. The van der Waals surface area contributed by atoms with E-state index in [1.54, 1.807) is 0 Å². The molecule has 0 fully saturated rings. The summed E-state index contributed by atoms with van der Waals surface area (Å²) in [5, 5.41) is 0. The van der Waals surface area contributed by atoms with Gasteiger partial charge in [-0.1, -0.05) is 0 Å². The Morgan fingerprint density at radius 1 is 1.23 bits per heavy atom. The second-order valence-electron chi connectivity index (χ2n) is 3.35. The molecular weight excluding hydrogens is 381 g/mol. The molecule has 0 heterocycles. The van der Waals surface area contributed by atoms with E-state index in [0.717, 1.165) is 0 Å². The van der Waals surface area contributed by atoms with Crippen molar-refractivity contribution in [1.82, 2.24) is 0 Å². The van der Waals surface area contributed by atoms with Gasteiger partial charge in [0.25, 0.3) is 0 Å². The summed E-state index contributed by atoms with van der Waals surface area (Å²) >= 11 is 6.31. The van der Waals surface area contributed by atoms with E-state index in [9.17, 15) is 0 Å². The number of aryl methyl sites for hydroxylation is 1. The topological polar surface area (TPSA) is 0 Å². The van der Waals surface area contributed by atoms with Crippen LogP contribution >= 0.6 is 27.2 Å². The molecule has 0 bridgehead atoms. The molecule has 0 spiro atoms. The SMILES string of the molecule is Cc1cc[c]([Ru-]([Br])[Br])c(C(C)C)c1. The van der Waals surface area contributed by atoms with E-state index in [1.807, 2.05) is 0 Å². The Bertz CT molecular complexity index is 295. The molecule has 0 aliphatic heterocycles. The Labute approximate surface area is 98.7 Å². The fourth-order valence-electron chi connectivity index (χ4n) is 1.22. The van der Waals surface area contributed by atoms with Crippen molar-refractivity contribution in [2.24, 2.45) is 0 Å². The molecule has 13 heavy (non-hydrogen) atoms. The zero-order valence-corrected chi connectivity index (χ0v) is 12.8. The Balaban J connectivity index is 3.19. The summed E-state index contributed by atoms with van der Waals surface area (Å²) in [7, 11) is 0. The summed E-state index contributed by atoms with van der Waals surface area (Å²) in [6.07, 6.45) is 0. The van der Waals surface area contributed by atoms with Crippen LogP contribution in [0, 0.1) is 6.92 Å². The summed E-state index contributed by atoms with van der Waals surface area (Å²) in [5.41, 5.74) is 2.83. The van der Waals surface area contributed by atoms with Crippen LogP contribution in [0.3, 0.4) is 0 Å². The number of hydrogen-bond acceptors (Lipinski definition) is 0. The molecule has 0 saturated heterocycles. The van der Waals surface area contributed by atoms with Gasteiger partial charge in [0.1, 0.15) is 0 Å². The van der Waals surface area contributed by atoms with E-state index >= 15 is 0 Å². The molecule has 0 amide bonds. The van der Waals surface area contributed by atoms with Crippen LogP contribution in [0.15, 0.2) is 18.2 Å². The molecule has 1 aromatic carbocycles. The van der Waals surface area contributed by atoms with Crippen molar-refractivity contribution in [1.29, 1.82) is 0 Å². The first kappa shape index (κ1) is 11.9. The number of benzene rings is 1. The average Bonchev–Trinajstić information content (AvgIpc) is 2.03. The molecule has 0 N–H and O–H groups in total. The van der Waals surface area contributed by atoms with Gasteiger partial charge in [-0.15, -0.1) is 0 Å². The van der Waals surface area contributed by atoms with Crippen molar-refractivity contribution < 1.29 is 12.0 Å². The summed E-state index contributed by atoms with van der Waals surface area (Å²) in [4.78, 5) is 0. The standard InChI is InChI=1S/C10H13.2BrH.Ru/c1-8(2)10-6-4-5-9(3)7-10;;;/h4-5,7-8H,1-3H3;2*1H;/q;;;+1/p-2. The van der Waals surface area contributed by atoms with Crippen LogP contribution in [0.1, 0.15) is 30.9 Å². The van der Waals surface area contributed by atoms with Gasteiger partial charge < -0.3 is 0 Å². The van der Waals surface area contributed by atoms with Gasteiger partial charge in [0.05, 0.1) is 0 Å². The molecule has 0 radical (unpaired) electrons. The summed E-state index contributed by atoms with van der Waals surface area (Å²) < 4.78 is 1.48. The third kappa shape index (κ3) is 3.14. The van der Waals surface area contributed by atoms with E-state index in [2.05, 4.69) is 66.2 Å². The van der Waals surface area contributed by atoms with Crippen molar-refractivity contribution in [2.45, 2.75) is 26.7 Å². The van der Waals surface area contributed by atoms with Gasteiger partial charge in [0.2, 0.25) is 0 Å². The zero-order valence-electron chi connectivity index (χ0n) is 7.92. The molecule has 0 atom stereocenters. The van der Waals surface area contributed by atoms with Crippen LogP contribution in [0.25, 0.3) is 0 Å². The maximum absolute atomic E-state index is 3.69. The molecule has 0 aliphatic carbocycles. The number of halogens is 2. The van der Waals surface area contributed by atoms with E-state index in [0.29, 0.717) is 5.92 Å². The van der Waals surface area contributed by atoms with Gasteiger partial charge in [-0.25, -0.2) is 0 Å². The predicted octanol–water partition coefficient (Wildman–Crippen LogP) is 3.98. The van der Waals surface area contributed by atoms with Crippen LogP contribution < -0.4 is 4.16 Å². The summed E-state index contributed by atoms with van der Waals surface area (Å²) in [6.45, 7) is 6.64. The molecule has 0 saturated carbocycles. The average molecular weight is 394 g/mol. The van der Waals surface area contributed by atoms with Crippen LogP contribution in [-0.4, -0.2) is 0 Å². The summed E-state index contributed by atoms with van der Waals surface area (Å²) in [5.74, 6) is 0.612. The Hall–Kier alpha value is 0.803. The van der Waals surface area contributed by atoms with Gasteiger partial charge in [0, 0.05) is 0 Å².